The average molecular weight is 327 g/mol. The third-order valence-corrected chi connectivity index (χ3v) is 4.28. The minimum Gasteiger partial charge on any atom is -0.474 e. The highest BCUT2D eigenvalue weighted by molar-refractivity contribution is 6.31. The molecule has 1 aromatic rings. The first kappa shape index (κ1) is 17.0. The Morgan fingerprint density at radius 1 is 1.64 bits per heavy atom. The van der Waals surface area contributed by atoms with E-state index in [1.54, 1.807) is 18.3 Å². The van der Waals surface area contributed by atoms with Crippen LogP contribution >= 0.6 is 11.6 Å². The summed E-state index contributed by atoms with van der Waals surface area (Å²) in [4.78, 5) is 16.5. The summed E-state index contributed by atoms with van der Waals surface area (Å²) in [5.41, 5.74) is -0.463. The fourth-order valence-corrected chi connectivity index (χ4v) is 2.45. The van der Waals surface area contributed by atoms with Crippen LogP contribution < -0.4 is 10.1 Å². The van der Waals surface area contributed by atoms with Gasteiger partial charge in [0.2, 0.25) is 11.8 Å². The molecule has 2 atom stereocenters. The molecule has 6 heteroatoms. The molecule has 122 valence electrons. The van der Waals surface area contributed by atoms with E-state index < -0.39 is 5.54 Å². The van der Waals surface area contributed by atoms with Gasteiger partial charge in [-0.15, -0.1) is 0 Å². The van der Waals surface area contributed by atoms with E-state index in [4.69, 9.17) is 21.1 Å². The highest BCUT2D eigenvalue weighted by atomic mass is 35.5. The summed E-state index contributed by atoms with van der Waals surface area (Å²) in [5, 5.41) is 3.55. The van der Waals surface area contributed by atoms with E-state index in [2.05, 4.69) is 10.3 Å². The van der Waals surface area contributed by atoms with Gasteiger partial charge in [0, 0.05) is 12.8 Å². The van der Waals surface area contributed by atoms with E-state index in [1.165, 1.54) is 0 Å². The Morgan fingerprint density at radius 2 is 2.45 bits per heavy atom. The monoisotopic (exact) mass is 326 g/mol. The molecular formula is C16H23ClN2O3. The van der Waals surface area contributed by atoms with Crippen molar-refractivity contribution in [1.29, 1.82) is 0 Å². The van der Waals surface area contributed by atoms with E-state index in [1.807, 2.05) is 13.8 Å². The van der Waals surface area contributed by atoms with Crippen molar-refractivity contribution < 1.29 is 14.3 Å². The maximum Gasteiger partial charge on any atom is 0.232 e. The van der Waals surface area contributed by atoms with Crippen LogP contribution in [0.5, 0.6) is 5.88 Å². The highest BCUT2D eigenvalue weighted by Gasteiger charge is 2.30. The molecule has 0 aromatic carbocycles. The first-order valence-corrected chi connectivity index (χ1v) is 8.05. The fourth-order valence-electron chi connectivity index (χ4n) is 2.28. The Morgan fingerprint density at radius 3 is 3.09 bits per heavy atom. The van der Waals surface area contributed by atoms with Crippen molar-refractivity contribution in [2.45, 2.75) is 38.6 Å². The quantitative estimate of drug-likeness (QED) is 0.873. The van der Waals surface area contributed by atoms with Gasteiger partial charge in [0.15, 0.2) is 0 Å². The molecule has 1 aliphatic heterocycles. The van der Waals surface area contributed by atoms with Gasteiger partial charge in [-0.1, -0.05) is 18.5 Å². The number of carbonyl (C=O) groups excluding carboxylic acids is 1. The van der Waals surface area contributed by atoms with Gasteiger partial charge >= 0.3 is 0 Å². The zero-order valence-corrected chi connectivity index (χ0v) is 13.9. The summed E-state index contributed by atoms with van der Waals surface area (Å²) >= 11 is 6.03. The topological polar surface area (TPSA) is 60.5 Å². The normalized spacial score (nSPS) is 21.0. The number of ether oxygens (including phenoxy) is 2. The largest absolute Gasteiger partial charge is 0.474 e. The third-order valence-electron chi connectivity index (χ3n) is 3.99. The van der Waals surface area contributed by atoms with Crippen molar-refractivity contribution in [3.8, 4) is 5.88 Å². The SMILES string of the molecule is CC[C@](C)(COc1ncccc1Cl)NC(=O)[C@H]1CCCOC1. The Bertz CT molecular complexity index is 506. The zero-order valence-electron chi connectivity index (χ0n) is 13.1. The van der Waals surface area contributed by atoms with Crippen molar-refractivity contribution in [1.82, 2.24) is 10.3 Å². The number of aromatic nitrogens is 1. The van der Waals surface area contributed by atoms with Gasteiger partial charge in [-0.05, 0) is 38.3 Å². The van der Waals surface area contributed by atoms with Gasteiger partial charge in [0.25, 0.3) is 0 Å². The Balaban J connectivity index is 1.93. The number of carbonyl (C=O) groups is 1. The third kappa shape index (κ3) is 4.58. The van der Waals surface area contributed by atoms with Gasteiger partial charge < -0.3 is 14.8 Å². The first-order valence-electron chi connectivity index (χ1n) is 7.67. The van der Waals surface area contributed by atoms with Crippen LogP contribution in [-0.2, 0) is 9.53 Å². The smallest absolute Gasteiger partial charge is 0.232 e. The van der Waals surface area contributed by atoms with Gasteiger partial charge in [0.05, 0.1) is 18.1 Å². The van der Waals surface area contributed by atoms with Gasteiger partial charge in [-0.25, -0.2) is 4.98 Å². The van der Waals surface area contributed by atoms with E-state index in [0.29, 0.717) is 24.1 Å². The maximum absolute atomic E-state index is 12.4. The van der Waals surface area contributed by atoms with Crippen LogP contribution in [0.25, 0.3) is 0 Å². The highest BCUT2D eigenvalue weighted by Crippen LogP contribution is 2.22. The second-order valence-electron chi connectivity index (χ2n) is 5.90. The van der Waals surface area contributed by atoms with Crippen LogP contribution in [0, 0.1) is 5.92 Å². The molecule has 2 rings (SSSR count). The number of hydrogen-bond donors (Lipinski definition) is 1. The molecule has 1 N–H and O–H groups in total. The van der Waals surface area contributed by atoms with E-state index in [9.17, 15) is 4.79 Å². The van der Waals surface area contributed by atoms with Crippen molar-refractivity contribution in [2.75, 3.05) is 19.8 Å². The van der Waals surface area contributed by atoms with Crippen molar-refractivity contribution in [3.63, 3.8) is 0 Å². The van der Waals surface area contributed by atoms with Crippen molar-refractivity contribution in [3.05, 3.63) is 23.4 Å². The van der Waals surface area contributed by atoms with Crippen LogP contribution in [0.1, 0.15) is 33.1 Å². The van der Waals surface area contributed by atoms with E-state index in [-0.39, 0.29) is 11.8 Å². The first-order chi connectivity index (χ1) is 10.5. The molecule has 1 saturated heterocycles. The minimum absolute atomic E-state index is 0.0276. The van der Waals surface area contributed by atoms with Crippen molar-refractivity contribution in [2.24, 2.45) is 5.92 Å². The number of halogens is 1. The predicted octanol–water partition coefficient (Wildman–Crippen LogP) is 2.83. The van der Waals surface area contributed by atoms with Gasteiger partial charge in [-0.3, -0.25) is 4.79 Å². The molecule has 0 radical (unpaired) electrons. The summed E-state index contributed by atoms with van der Waals surface area (Å²) in [5.74, 6) is 0.344. The lowest BCUT2D eigenvalue weighted by atomic mass is 9.96. The molecule has 22 heavy (non-hydrogen) atoms. The van der Waals surface area contributed by atoms with Crippen LogP contribution in [0.2, 0.25) is 5.02 Å². The van der Waals surface area contributed by atoms with Crippen LogP contribution in [0.4, 0.5) is 0 Å². The number of amides is 1. The second kappa shape index (κ2) is 7.79. The number of hydrogen-bond acceptors (Lipinski definition) is 4. The lowest BCUT2D eigenvalue weighted by Gasteiger charge is -2.32. The van der Waals surface area contributed by atoms with Gasteiger partial charge in [0.1, 0.15) is 11.6 Å². The van der Waals surface area contributed by atoms with Crippen molar-refractivity contribution >= 4 is 17.5 Å². The average Bonchev–Trinajstić information content (AvgIpc) is 2.55. The van der Waals surface area contributed by atoms with E-state index in [0.717, 1.165) is 25.9 Å². The maximum atomic E-state index is 12.4. The predicted molar refractivity (Wildman–Crippen MR) is 85.1 cm³/mol. The molecule has 0 unspecified atom stereocenters. The number of rotatable bonds is 6. The number of nitrogens with one attached hydrogen (secondary N) is 1. The van der Waals surface area contributed by atoms with Crippen LogP contribution in [0.3, 0.4) is 0 Å². The Labute approximate surface area is 136 Å². The molecular weight excluding hydrogens is 304 g/mol. The van der Waals surface area contributed by atoms with Crippen LogP contribution in [-0.4, -0.2) is 36.3 Å². The molecule has 1 aromatic heterocycles. The summed E-state index contributed by atoms with van der Waals surface area (Å²) in [7, 11) is 0. The molecule has 5 nitrogen and oxygen atoms in total. The molecule has 0 spiro atoms. The summed E-state index contributed by atoms with van der Waals surface area (Å²) in [6, 6.07) is 3.48. The van der Waals surface area contributed by atoms with E-state index >= 15 is 0 Å². The lowest BCUT2D eigenvalue weighted by Crippen LogP contribution is -2.52. The molecule has 1 aliphatic rings. The molecule has 0 bridgehead atoms. The van der Waals surface area contributed by atoms with Gasteiger partial charge in [-0.2, -0.15) is 0 Å². The Kier molecular flexibility index (Phi) is 6.03. The summed E-state index contributed by atoms with van der Waals surface area (Å²) in [6.07, 6.45) is 4.18. The standard InChI is InChI=1S/C16H23ClN2O3/c1-3-16(2,11-22-15-13(17)7-4-8-18-15)19-14(20)12-6-5-9-21-10-12/h4,7-8,12H,3,5-6,9-11H2,1-2H3,(H,19,20)/t12-,16+/m0/s1. The zero-order chi connectivity index (χ0) is 16.0. The lowest BCUT2D eigenvalue weighted by molar-refractivity contribution is -0.131. The fraction of sp³-hybridized carbons (Fsp3) is 0.625. The molecule has 1 fully saturated rings. The number of pyridine rings is 1. The molecule has 1 amide bonds. The molecule has 0 aliphatic carbocycles. The summed E-state index contributed by atoms with van der Waals surface area (Å²) < 4.78 is 11.1. The minimum atomic E-state index is -0.463. The molecule has 0 saturated carbocycles. The van der Waals surface area contributed by atoms with Crippen LogP contribution in [0.15, 0.2) is 18.3 Å². The molecule has 2 heterocycles. The summed E-state index contributed by atoms with van der Waals surface area (Å²) in [6.45, 7) is 5.54. The number of nitrogens with zero attached hydrogens (tertiary/aromatic N) is 1. The second-order valence-corrected chi connectivity index (χ2v) is 6.30. The Hall–Kier alpha value is -1.33.